The Morgan fingerprint density at radius 3 is 2.61 bits per heavy atom. The number of hydrogen-bond acceptors (Lipinski definition) is 3. The molecular formula is C13H18BrClN2O. The van der Waals surface area contributed by atoms with E-state index in [2.05, 4.69) is 26.2 Å². The molecule has 0 saturated heterocycles. The third-order valence-corrected chi connectivity index (χ3v) is 4.24. The van der Waals surface area contributed by atoms with Gasteiger partial charge in [-0.15, -0.1) is 0 Å². The predicted octanol–water partition coefficient (Wildman–Crippen LogP) is 3.99. The second-order valence-electron chi connectivity index (χ2n) is 4.98. The molecule has 0 aromatic carbocycles. The summed E-state index contributed by atoms with van der Waals surface area (Å²) in [6.07, 6.45) is 8.00. The molecule has 1 aliphatic carbocycles. The Bertz CT molecular complexity index is 406. The van der Waals surface area contributed by atoms with E-state index >= 15 is 0 Å². The van der Waals surface area contributed by atoms with Gasteiger partial charge in [-0.25, -0.2) is 4.98 Å². The van der Waals surface area contributed by atoms with Gasteiger partial charge in [0.15, 0.2) is 0 Å². The summed E-state index contributed by atoms with van der Waals surface area (Å²) in [5, 5.41) is 14.3. The first-order valence-electron chi connectivity index (χ1n) is 6.36. The van der Waals surface area contributed by atoms with Crippen LogP contribution in [0.5, 0.6) is 0 Å². The van der Waals surface area contributed by atoms with Crippen LogP contribution in [0.25, 0.3) is 0 Å². The molecule has 0 unspecified atom stereocenters. The molecule has 0 spiro atoms. The predicted molar refractivity (Wildman–Crippen MR) is 78.1 cm³/mol. The monoisotopic (exact) mass is 332 g/mol. The lowest BCUT2D eigenvalue weighted by Crippen LogP contribution is -2.36. The summed E-state index contributed by atoms with van der Waals surface area (Å²) < 4.78 is 0.826. The van der Waals surface area contributed by atoms with Gasteiger partial charge in [0.1, 0.15) is 5.82 Å². The number of halogens is 2. The summed E-state index contributed by atoms with van der Waals surface area (Å²) in [7, 11) is 0. The second kappa shape index (κ2) is 6.22. The summed E-state index contributed by atoms with van der Waals surface area (Å²) in [4.78, 5) is 4.22. The number of aliphatic hydroxyl groups is 1. The summed E-state index contributed by atoms with van der Waals surface area (Å²) in [5.41, 5.74) is -0.600. The lowest BCUT2D eigenvalue weighted by Gasteiger charge is -2.27. The van der Waals surface area contributed by atoms with Crippen LogP contribution in [0.3, 0.4) is 0 Å². The van der Waals surface area contributed by atoms with E-state index in [4.69, 9.17) is 11.6 Å². The van der Waals surface area contributed by atoms with Crippen molar-refractivity contribution in [2.75, 3.05) is 11.9 Å². The van der Waals surface area contributed by atoms with Crippen LogP contribution in [-0.2, 0) is 0 Å². The number of rotatable bonds is 3. The third-order valence-electron chi connectivity index (χ3n) is 3.43. The summed E-state index contributed by atoms with van der Waals surface area (Å²) in [6.45, 7) is 0.542. The number of hydrogen-bond donors (Lipinski definition) is 2. The number of aromatic nitrogens is 1. The van der Waals surface area contributed by atoms with Gasteiger partial charge in [-0.05, 0) is 34.8 Å². The molecule has 1 aromatic rings. The average molecular weight is 334 g/mol. The van der Waals surface area contributed by atoms with Crippen molar-refractivity contribution in [2.45, 2.75) is 44.1 Å². The van der Waals surface area contributed by atoms with Gasteiger partial charge >= 0.3 is 0 Å². The van der Waals surface area contributed by atoms with Crippen LogP contribution in [0.4, 0.5) is 5.82 Å². The van der Waals surface area contributed by atoms with Crippen molar-refractivity contribution in [1.29, 1.82) is 0 Å². The summed E-state index contributed by atoms with van der Waals surface area (Å²) in [5.74, 6) is 0.733. The van der Waals surface area contributed by atoms with Crippen molar-refractivity contribution < 1.29 is 5.11 Å². The molecular weight excluding hydrogens is 316 g/mol. The van der Waals surface area contributed by atoms with Crippen LogP contribution in [0.1, 0.15) is 38.5 Å². The number of nitrogens with one attached hydrogen (secondary N) is 1. The van der Waals surface area contributed by atoms with E-state index < -0.39 is 5.60 Å². The summed E-state index contributed by atoms with van der Waals surface area (Å²) in [6, 6.07) is 1.80. The van der Waals surface area contributed by atoms with E-state index in [-0.39, 0.29) is 0 Å². The highest BCUT2D eigenvalue weighted by molar-refractivity contribution is 9.10. The van der Waals surface area contributed by atoms with Gasteiger partial charge in [0.05, 0.1) is 15.1 Å². The second-order valence-corrected chi connectivity index (χ2v) is 6.27. The standard InChI is InChI=1S/C13H18BrClN2O/c14-11-7-10(15)8-16-12(11)17-9-13(18)5-3-1-2-4-6-13/h7-8,18H,1-6,9H2,(H,16,17). The van der Waals surface area contributed by atoms with Crippen LogP contribution in [0.2, 0.25) is 5.02 Å². The third kappa shape index (κ3) is 3.84. The first-order chi connectivity index (χ1) is 8.59. The van der Waals surface area contributed by atoms with E-state index in [0.29, 0.717) is 11.6 Å². The highest BCUT2D eigenvalue weighted by atomic mass is 79.9. The molecule has 100 valence electrons. The van der Waals surface area contributed by atoms with Crippen LogP contribution in [0, 0.1) is 0 Å². The molecule has 0 aliphatic heterocycles. The van der Waals surface area contributed by atoms with Crippen molar-refractivity contribution in [3.05, 3.63) is 21.8 Å². The molecule has 18 heavy (non-hydrogen) atoms. The largest absolute Gasteiger partial charge is 0.388 e. The Balaban J connectivity index is 1.97. The molecule has 1 aromatic heterocycles. The normalized spacial score (nSPS) is 19.3. The van der Waals surface area contributed by atoms with Gasteiger partial charge in [-0.2, -0.15) is 0 Å². The number of pyridine rings is 1. The Labute approximate surface area is 121 Å². The number of anilines is 1. The fourth-order valence-corrected chi connectivity index (χ4v) is 3.14. The molecule has 5 heteroatoms. The molecule has 0 bridgehead atoms. The zero-order valence-electron chi connectivity index (χ0n) is 10.3. The van der Waals surface area contributed by atoms with Crippen molar-refractivity contribution in [3.63, 3.8) is 0 Å². The lowest BCUT2D eigenvalue weighted by atomic mass is 9.94. The number of nitrogens with zero attached hydrogens (tertiary/aromatic N) is 1. The summed E-state index contributed by atoms with van der Waals surface area (Å²) >= 11 is 9.26. The Morgan fingerprint density at radius 1 is 1.33 bits per heavy atom. The SMILES string of the molecule is OC1(CNc2ncc(Cl)cc2Br)CCCCCC1. The zero-order valence-corrected chi connectivity index (χ0v) is 12.6. The van der Waals surface area contributed by atoms with Crippen LogP contribution in [-0.4, -0.2) is 22.2 Å². The zero-order chi connectivity index (χ0) is 13.0. The fraction of sp³-hybridized carbons (Fsp3) is 0.615. The molecule has 1 heterocycles. The van der Waals surface area contributed by atoms with Crippen molar-refractivity contribution >= 4 is 33.3 Å². The maximum absolute atomic E-state index is 10.5. The Hall–Kier alpha value is -0.320. The highest BCUT2D eigenvalue weighted by Gasteiger charge is 2.27. The Morgan fingerprint density at radius 2 is 2.00 bits per heavy atom. The van der Waals surface area contributed by atoms with Gasteiger partial charge in [-0.1, -0.05) is 37.3 Å². The highest BCUT2D eigenvalue weighted by Crippen LogP contribution is 2.29. The van der Waals surface area contributed by atoms with E-state index in [1.165, 1.54) is 12.8 Å². The minimum Gasteiger partial charge on any atom is -0.388 e. The molecule has 2 rings (SSSR count). The van der Waals surface area contributed by atoms with Crippen molar-refractivity contribution in [3.8, 4) is 0 Å². The Kier molecular flexibility index (Phi) is 4.87. The molecule has 1 saturated carbocycles. The van der Waals surface area contributed by atoms with E-state index in [0.717, 1.165) is 36.0 Å². The average Bonchev–Trinajstić information content (AvgIpc) is 2.54. The maximum Gasteiger partial charge on any atom is 0.140 e. The molecule has 0 amide bonds. The van der Waals surface area contributed by atoms with Gasteiger partial charge in [0.2, 0.25) is 0 Å². The molecule has 0 radical (unpaired) electrons. The quantitative estimate of drug-likeness (QED) is 0.822. The first-order valence-corrected chi connectivity index (χ1v) is 7.53. The molecule has 3 nitrogen and oxygen atoms in total. The molecule has 1 fully saturated rings. The van der Waals surface area contributed by atoms with Gasteiger partial charge in [0, 0.05) is 12.7 Å². The van der Waals surface area contributed by atoms with Gasteiger partial charge in [-0.3, -0.25) is 0 Å². The van der Waals surface area contributed by atoms with E-state index in [9.17, 15) is 5.11 Å². The van der Waals surface area contributed by atoms with Crippen molar-refractivity contribution in [1.82, 2.24) is 4.98 Å². The van der Waals surface area contributed by atoms with Crippen molar-refractivity contribution in [2.24, 2.45) is 0 Å². The molecule has 0 atom stereocenters. The lowest BCUT2D eigenvalue weighted by molar-refractivity contribution is 0.0380. The van der Waals surface area contributed by atoms with E-state index in [1.807, 2.05) is 0 Å². The van der Waals surface area contributed by atoms with E-state index in [1.54, 1.807) is 12.3 Å². The van der Waals surface area contributed by atoms with Gasteiger partial charge in [0.25, 0.3) is 0 Å². The first kappa shape index (κ1) is 14.1. The molecule has 1 aliphatic rings. The van der Waals surface area contributed by atoms with Crippen LogP contribution >= 0.6 is 27.5 Å². The van der Waals surface area contributed by atoms with Crippen LogP contribution < -0.4 is 5.32 Å². The smallest absolute Gasteiger partial charge is 0.140 e. The topological polar surface area (TPSA) is 45.1 Å². The van der Waals surface area contributed by atoms with Crippen LogP contribution in [0.15, 0.2) is 16.7 Å². The minimum atomic E-state index is -0.600. The minimum absolute atomic E-state index is 0.542. The van der Waals surface area contributed by atoms with Gasteiger partial charge < -0.3 is 10.4 Å². The maximum atomic E-state index is 10.5. The fourth-order valence-electron chi connectivity index (χ4n) is 2.36. The molecule has 2 N–H and O–H groups in total.